The van der Waals surface area contributed by atoms with Gasteiger partial charge in [0.2, 0.25) is 0 Å². The number of aldehydes is 1. The van der Waals surface area contributed by atoms with Crippen LogP contribution in [0.15, 0.2) is 0 Å². The molecule has 1 aromatic heterocycles. The van der Waals surface area contributed by atoms with Crippen molar-refractivity contribution in [2.45, 2.75) is 39.2 Å². The van der Waals surface area contributed by atoms with Crippen LogP contribution in [0.25, 0.3) is 0 Å². The highest BCUT2D eigenvalue weighted by atomic mass is 35.5. The van der Waals surface area contributed by atoms with E-state index in [-0.39, 0.29) is 10.7 Å². The van der Waals surface area contributed by atoms with Crippen molar-refractivity contribution in [3.05, 3.63) is 16.5 Å². The van der Waals surface area contributed by atoms with Crippen LogP contribution in [0.1, 0.15) is 42.9 Å². The molecule has 1 aromatic rings. The molecule has 6 heteroatoms. The zero-order valence-electron chi connectivity index (χ0n) is 10.8. The summed E-state index contributed by atoms with van der Waals surface area (Å²) in [5, 5.41) is 13.1. The molecule has 0 fully saturated rings. The highest BCUT2D eigenvalue weighted by Gasteiger charge is 2.20. The molecule has 5 nitrogen and oxygen atoms in total. The van der Waals surface area contributed by atoms with E-state index in [1.807, 2.05) is 6.92 Å². The van der Waals surface area contributed by atoms with Gasteiger partial charge >= 0.3 is 0 Å². The van der Waals surface area contributed by atoms with Crippen LogP contribution in [0.2, 0.25) is 5.15 Å². The molecule has 2 N–H and O–H groups in total. The minimum Gasteiger partial charge on any atom is -0.388 e. The summed E-state index contributed by atoms with van der Waals surface area (Å²) in [4.78, 5) is 19.0. The molecule has 1 atom stereocenters. The molecule has 0 amide bonds. The third kappa shape index (κ3) is 3.92. The van der Waals surface area contributed by atoms with E-state index in [0.29, 0.717) is 30.9 Å². The van der Waals surface area contributed by atoms with Gasteiger partial charge in [-0.05, 0) is 20.3 Å². The number of aliphatic hydroxyl groups is 1. The lowest BCUT2D eigenvalue weighted by molar-refractivity contribution is 0.0635. The molecule has 1 rings (SSSR count). The number of aromatic nitrogens is 2. The molecule has 0 aliphatic rings. The Morgan fingerprint density at radius 3 is 2.72 bits per heavy atom. The van der Waals surface area contributed by atoms with Gasteiger partial charge in [-0.2, -0.15) is 0 Å². The van der Waals surface area contributed by atoms with E-state index in [9.17, 15) is 9.90 Å². The SMILES string of the molecule is CCCC(C)(O)CNc1nc(C)nc(Cl)c1C=O. The molecule has 0 saturated carbocycles. The summed E-state index contributed by atoms with van der Waals surface area (Å²) in [6.45, 7) is 5.72. The first-order chi connectivity index (χ1) is 8.39. The Morgan fingerprint density at radius 1 is 1.50 bits per heavy atom. The predicted octanol–water partition coefficient (Wildman–Crippen LogP) is 2.21. The van der Waals surface area contributed by atoms with Crippen molar-refractivity contribution in [3.63, 3.8) is 0 Å². The number of aryl methyl sites for hydroxylation is 1. The van der Waals surface area contributed by atoms with E-state index in [0.717, 1.165) is 6.42 Å². The van der Waals surface area contributed by atoms with Gasteiger partial charge in [0.25, 0.3) is 0 Å². The van der Waals surface area contributed by atoms with Gasteiger partial charge in [-0.3, -0.25) is 4.79 Å². The average Bonchev–Trinajstić information content (AvgIpc) is 2.26. The maximum atomic E-state index is 10.9. The van der Waals surface area contributed by atoms with Crippen LogP contribution in [-0.4, -0.2) is 33.5 Å². The van der Waals surface area contributed by atoms with Gasteiger partial charge in [-0.15, -0.1) is 0 Å². The Hall–Kier alpha value is -1.20. The van der Waals surface area contributed by atoms with E-state index >= 15 is 0 Å². The van der Waals surface area contributed by atoms with Crippen LogP contribution in [0, 0.1) is 6.92 Å². The second kappa shape index (κ2) is 6.11. The second-order valence-electron chi connectivity index (χ2n) is 4.54. The first-order valence-corrected chi connectivity index (χ1v) is 6.23. The van der Waals surface area contributed by atoms with E-state index in [1.165, 1.54) is 0 Å². The number of hydrogen-bond donors (Lipinski definition) is 2. The number of rotatable bonds is 6. The Kier molecular flexibility index (Phi) is 5.04. The van der Waals surface area contributed by atoms with Crippen LogP contribution < -0.4 is 5.32 Å². The molecule has 18 heavy (non-hydrogen) atoms. The number of carbonyl (C=O) groups is 1. The molecule has 0 spiro atoms. The molecule has 100 valence electrons. The van der Waals surface area contributed by atoms with Gasteiger partial charge in [0.15, 0.2) is 6.29 Å². The predicted molar refractivity (Wildman–Crippen MR) is 71.2 cm³/mol. The fraction of sp³-hybridized carbons (Fsp3) is 0.583. The number of hydrogen-bond acceptors (Lipinski definition) is 5. The van der Waals surface area contributed by atoms with E-state index in [2.05, 4.69) is 15.3 Å². The number of anilines is 1. The average molecular weight is 272 g/mol. The lowest BCUT2D eigenvalue weighted by Crippen LogP contribution is -2.33. The van der Waals surface area contributed by atoms with Gasteiger partial charge in [0.1, 0.15) is 16.8 Å². The van der Waals surface area contributed by atoms with Crippen LogP contribution >= 0.6 is 11.6 Å². The molecular formula is C12H18ClN3O2. The summed E-state index contributed by atoms with van der Waals surface area (Å²) in [6.07, 6.45) is 2.14. The lowest BCUT2D eigenvalue weighted by Gasteiger charge is -2.23. The minimum atomic E-state index is -0.847. The Balaban J connectivity index is 2.87. The zero-order valence-corrected chi connectivity index (χ0v) is 11.6. The quantitative estimate of drug-likeness (QED) is 0.613. The Bertz CT molecular complexity index is 436. The molecule has 0 aliphatic carbocycles. The molecule has 0 aromatic carbocycles. The maximum Gasteiger partial charge on any atom is 0.156 e. The van der Waals surface area contributed by atoms with Crippen molar-refractivity contribution in [1.29, 1.82) is 0 Å². The second-order valence-corrected chi connectivity index (χ2v) is 4.90. The first-order valence-electron chi connectivity index (χ1n) is 5.85. The van der Waals surface area contributed by atoms with Crippen molar-refractivity contribution < 1.29 is 9.90 Å². The molecule has 1 unspecified atom stereocenters. The van der Waals surface area contributed by atoms with Crippen molar-refractivity contribution in [1.82, 2.24) is 9.97 Å². The van der Waals surface area contributed by atoms with Crippen molar-refractivity contribution in [2.24, 2.45) is 0 Å². The normalized spacial score (nSPS) is 14.1. The molecule has 0 aliphatic heterocycles. The summed E-state index contributed by atoms with van der Waals surface area (Å²) in [6, 6.07) is 0. The molecule has 0 bridgehead atoms. The Morgan fingerprint density at radius 2 is 2.17 bits per heavy atom. The van der Waals surface area contributed by atoms with Gasteiger partial charge in [0, 0.05) is 6.54 Å². The van der Waals surface area contributed by atoms with Crippen molar-refractivity contribution >= 4 is 23.7 Å². The molecule has 0 saturated heterocycles. The fourth-order valence-corrected chi connectivity index (χ4v) is 1.94. The minimum absolute atomic E-state index is 0.120. The molecular weight excluding hydrogens is 254 g/mol. The van der Waals surface area contributed by atoms with Crippen LogP contribution in [0.5, 0.6) is 0 Å². The van der Waals surface area contributed by atoms with E-state index in [1.54, 1.807) is 13.8 Å². The topological polar surface area (TPSA) is 75.1 Å². The summed E-state index contributed by atoms with van der Waals surface area (Å²) in [5.74, 6) is 0.835. The van der Waals surface area contributed by atoms with Crippen LogP contribution in [-0.2, 0) is 0 Å². The van der Waals surface area contributed by atoms with Crippen molar-refractivity contribution in [3.8, 4) is 0 Å². The number of nitrogens with one attached hydrogen (secondary N) is 1. The van der Waals surface area contributed by atoms with Crippen LogP contribution in [0.4, 0.5) is 5.82 Å². The summed E-state index contributed by atoms with van der Waals surface area (Å²) in [7, 11) is 0. The largest absolute Gasteiger partial charge is 0.388 e. The maximum absolute atomic E-state index is 10.9. The molecule has 0 radical (unpaired) electrons. The number of carbonyl (C=O) groups excluding carboxylic acids is 1. The number of halogens is 1. The van der Waals surface area contributed by atoms with Gasteiger partial charge in [-0.25, -0.2) is 9.97 Å². The summed E-state index contributed by atoms with van der Waals surface area (Å²) in [5.41, 5.74) is -0.630. The van der Waals surface area contributed by atoms with Gasteiger partial charge < -0.3 is 10.4 Å². The smallest absolute Gasteiger partial charge is 0.156 e. The third-order valence-electron chi connectivity index (χ3n) is 2.55. The Labute approximate surface area is 112 Å². The molecule has 1 heterocycles. The van der Waals surface area contributed by atoms with Gasteiger partial charge in [-0.1, -0.05) is 24.9 Å². The lowest BCUT2D eigenvalue weighted by atomic mass is 10.0. The summed E-state index contributed by atoms with van der Waals surface area (Å²) < 4.78 is 0. The first kappa shape index (κ1) is 14.9. The zero-order chi connectivity index (χ0) is 13.8. The summed E-state index contributed by atoms with van der Waals surface area (Å²) >= 11 is 5.86. The monoisotopic (exact) mass is 271 g/mol. The van der Waals surface area contributed by atoms with E-state index < -0.39 is 5.60 Å². The fourth-order valence-electron chi connectivity index (χ4n) is 1.69. The highest BCUT2D eigenvalue weighted by Crippen LogP contribution is 2.20. The van der Waals surface area contributed by atoms with E-state index in [4.69, 9.17) is 11.6 Å². The van der Waals surface area contributed by atoms with Crippen LogP contribution in [0.3, 0.4) is 0 Å². The van der Waals surface area contributed by atoms with Gasteiger partial charge in [0.05, 0.1) is 11.2 Å². The van der Waals surface area contributed by atoms with Crippen molar-refractivity contribution in [2.75, 3.05) is 11.9 Å². The number of nitrogens with zero attached hydrogens (tertiary/aromatic N) is 2. The third-order valence-corrected chi connectivity index (χ3v) is 2.84. The highest BCUT2D eigenvalue weighted by molar-refractivity contribution is 6.32. The standard InChI is InChI=1S/C12H18ClN3O2/c1-4-5-12(3,18)7-14-11-9(6-17)10(13)15-8(2)16-11/h6,18H,4-5,7H2,1-3H3,(H,14,15,16).